The van der Waals surface area contributed by atoms with Crippen LogP contribution < -0.4 is 9.46 Å². The smallest absolute Gasteiger partial charge is 0.279 e. The summed E-state index contributed by atoms with van der Waals surface area (Å²) in [4.78, 5) is 4.14. The standard InChI is InChI=1S/C15H23N3O4S/c19-23(20,18-9-4-1-5-10-18)17-13-12-21-11-7-14(13)22-15-6-2-3-8-16-15/h2-3,6,8,13-14,17H,1,4-5,7,9-12H2/t13-,14-/m1/s1. The van der Waals surface area contributed by atoms with E-state index in [-0.39, 0.29) is 6.10 Å². The van der Waals surface area contributed by atoms with Crippen molar-refractivity contribution in [3.63, 3.8) is 0 Å². The van der Waals surface area contributed by atoms with Crippen molar-refractivity contribution >= 4 is 10.2 Å². The molecule has 0 unspecified atom stereocenters. The van der Waals surface area contributed by atoms with Gasteiger partial charge in [-0.1, -0.05) is 12.5 Å². The predicted molar refractivity (Wildman–Crippen MR) is 85.4 cm³/mol. The molecule has 0 aliphatic carbocycles. The molecule has 2 saturated heterocycles. The van der Waals surface area contributed by atoms with Gasteiger partial charge in [-0.2, -0.15) is 17.4 Å². The molecule has 3 rings (SSSR count). The second kappa shape index (κ2) is 7.57. The number of rotatable bonds is 5. The average Bonchev–Trinajstić information content (AvgIpc) is 2.58. The van der Waals surface area contributed by atoms with Crippen LogP contribution in [0.3, 0.4) is 0 Å². The Morgan fingerprint density at radius 1 is 1.26 bits per heavy atom. The van der Waals surface area contributed by atoms with Crippen LogP contribution in [-0.4, -0.2) is 56.2 Å². The fourth-order valence-electron chi connectivity index (χ4n) is 2.91. The Hall–Kier alpha value is -1.22. The van der Waals surface area contributed by atoms with Gasteiger partial charge in [0.1, 0.15) is 6.10 Å². The summed E-state index contributed by atoms with van der Waals surface area (Å²) in [5.41, 5.74) is 0. The Morgan fingerprint density at radius 3 is 2.83 bits per heavy atom. The van der Waals surface area contributed by atoms with Crippen molar-refractivity contribution in [2.24, 2.45) is 0 Å². The third-order valence-corrected chi connectivity index (χ3v) is 5.80. The molecule has 23 heavy (non-hydrogen) atoms. The van der Waals surface area contributed by atoms with E-state index in [1.807, 2.05) is 12.1 Å². The van der Waals surface area contributed by atoms with Crippen molar-refractivity contribution < 1.29 is 17.9 Å². The number of hydrogen-bond donors (Lipinski definition) is 1. The number of piperidine rings is 1. The zero-order valence-electron chi connectivity index (χ0n) is 13.1. The molecule has 0 aromatic carbocycles. The second-order valence-electron chi connectivity index (χ2n) is 5.88. The lowest BCUT2D eigenvalue weighted by molar-refractivity contribution is 0.000966. The Bertz CT molecular complexity index is 590. The first-order chi connectivity index (χ1) is 11.1. The highest BCUT2D eigenvalue weighted by Gasteiger charge is 2.34. The van der Waals surface area contributed by atoms with Gasteiger partial charge in [0.15, 0.2) is 0 Å². The maximum atomic E-state index is 12.5. The summed E-state index contributed by atoms with van der Waals surface area (Å²) < 4.78 is 40.7. The van der Waals surface area contributed by atoms with Crippen LogP contribution in [0, 0.1) is 0 Å². The number of nitrogens with zero attached hydrogens (tertiary/aromatic N) is 2. The summed E-state index contributed by atoms with van der Waals surface area (Å²) in [6.45, 7) is 2.02. The molecule has 3 heterocycles. The van der Waals surface area contributed by atoms with Crippen LogP contribution in [0.25, 0.3) is 0 Å². The Kier molecular flexibility index (Phi) is 5.47. The van der Waals surface area contributed by atoms with Gasteiger partial charge in [0.2, 0.25) is 5.88 Å². The van der Waals surface area contributed by atoms with Crippen LogP contribution in [0.1, 0.15) is 25.7 Å². The largest absolute Gasteiger partial charge is 0.472 e. The lowest BCUT2D eigenvalue weighted by Crippen LogP contribution is -2.55. The van der Waals surface area contributed by atoms with E-state index in [4.69, 9.17) is 9.47 Å². The summed E-state index contributed by atoms with van der Waals surface area (Å²) in [5, 5.41) is 0. The van der Waals surface area contributed by atoms with Gasteiger partial charge < -0.3 is 9.47 Å². The van der Waals surface area contributed by atoms with E-state index in [1.165, 1.54) is 4.31 Å². The first kappa shape index (κ1) is 16.6. The van der Waals surface area contributed by atoms with E-state index in [0.717, 1.165) is 19.3 Å². The van der Waals surface area contributed by atoms with E-state index >= 15 is 0 Å². The van der Waals surface area contributed by atoms with Crippen molar-refractivity contribution in [1.29, 1.82) is 0 Å². The predicted octanol–water partition coefficient (Wildman–Crippen LogP) is 0.938. The zero-order valence-corrected chi connectivity index (χ0v) is 13.9. The summed E-state index contributed by atoms with van der Waals surface area (Å²) in [6, 6.07) is 5.02. The van der Waals surface area contributed by atoms with Gasteiger partial charge in [0.05, 0.1) is 19.3 Å². The molecule has 0 bridgehead atoms. The third-order valence-electron chi connectivity index (χ3n) is 4.16. The number of hydrogen-bond acceptors (Lipinski definition) is 5. The van der Waals surface area contributed by atoms with Gasteiger partial charge >= 0.3 is 0 Å². The normalized spacial score (nSPS) is 26.8. The molecular weight excluding hydrogens is 318 g/mol. The van der Waals surface area contributed by atoms with Crippen molar-refractivity contribution in [1.82, 2.24) is 14.0 Å². The highest BCUT2D eigenvalue weighted by molar-refractivity contribution is 7.87. The summed E-state index contributed by atoms with van der Waals surface area (Å²) in [6.07, 6.45) is 4.92. The maximum Gasteiger partial charge on any atom is 0.279 e. The molecule has 7 nitrogen and oxygen atoms in total. The number of nitrogens with one attached hydrogen (secondary N) is 1. The fraction of sp³-hybridized carbons (Fsp3) is 0.667. The quantitative estimate of drug-likeness (QED) is 0.862. The van der Waals surface area contributed by atoms with Crippen LogP contribution in [0.15, 0.2) is 24.4 Å². The molecule has 1 aromatic heterocycles. The van der Waals surface area contributed by atoms with Gasteiger partial charge in [0, 0.05) is 31.8 Å². The van der Waals surface area contributed by atoms with E-state index in [1.54, 1.807) is 12.3 Å². The molecule has 2 aliphatic rings. The molecule has 0 radical (unpaired) electrons. The van der Waals surface area contributed by atoms with Crippen LogP contribution in [0.2, 0.25) is 0 Å². The van der Waals surface area contributed by atoms with Crippen molar-refractivity contribution in [2.75, 3.05) is 26.3 Å². The van der Waals surface area contributed by atoms with Crippen LogP contribution in [0.5, 0.6) is 5.88 Å². The minimum Gasteiger partial charge on any atom is -0.472 e. The zero-order chi connectivity index (χ0) is 16.1. The molecular formula is C15H23N3O4S. The van der Waals surface area contributed by atoms with E-state index in [2.05, 4.69) is 9.71 Å². The minimum absolute atomic E-state index is 0.279. The second-order valence-corrected chi connectivity index (χ2v) is 7.58. The van der Waals surface area contributed by atoms with E-state index < -0.39 is 16.3 Å². The molecule has 0 amide bonds. The van der Waals surface area contributed by atoms with Gasteiger partial charge in [-0.3, -0.25) is 0 Å². The van der Waals surface area contributed by atoms with Crippen molar-refractivity contribution in [3.05, 3.63) is 24.4 Å². The fourth-order valence-corrected chi connectivity index (χ4v) is 4.40. The van der Waals surface area contributed by atoms with Gasteiger partial charge in [-0.25, -0.2) is 4.98 Å². The number of aromatic nitrogens is 1. The summed E-state index contributed by atoms with van der Waals surface area (Å²) in [5.74, 6) is 0.501. The molecule has 128 valence electrons. The van der Waals surface area contributed by atoms with Gasteiger partial charge in [-0.15, -0.1) is 0 Å². The van der Waals surface area contributed by atoms with E-state index in [0.29, 0.717) is 38.6 Å². The monoisotopic (exact) mass is 341 g/mol. The Morgan fingerprint density at radius 2 is 2.09 bits per heavy atom. The molecule has 2 aliphatic heterocycles. The molecule has 8 heteroatoms. The van der Waals surface area contributed by atoms with Gasteiger partial charge in [-0.05, 0) is 18.9 Å². The average molecular weight is 341 g/mol. The molecule has 1 aromatic rings. The van der Waals surface area contributed by atoms with Crippen LogP contribution in [0.4, 0.5) is 0 Å². The van der Waals surface area contributed by atoms with Crippen molar-refractivity contribution in [2.45, 2.75) is 37.8 Å². The van der Waals surface area contributed by atoms with Crippen LogP contribution in [-0.2, 0) is 14.9 Å². The van der Waals surface area contributed by atoms with Crippen molar-refractivity contribution in [3.8, 4) is 5.88 Å². The third kappa shape index (κ3) is 4.41. The molecule has 0 spiro atoms. The summed E-state index contributed by atoms with van der Waals surface area (Å²) in [7, 11) is -3.51. The van der Waals surface area contributed by atoms with Gasteiger partial charge in [0.25, 0.3) is 10.2 Å². The molecule has 2 fully saturated rings. The van der Waals surface area contributed by atoms with E-state index in [9.17, 15) is 8.42 Å². The minimum atomic E-state index is -3.51. The highest BCUT2D eigenvalue weighted by Crippen LogP contribution is 2.18. The Balaban J connectivity index is 1.66. The molecule has 1 N–H and O–H groups in total. The first-order valence-corrected chi connectivity index (χ1v) is 9.52. The maximum absolute atomic E-state index is 12.5. The number of ether oxygens (including phenoxy) is 2. The SMILES string of the molecule is O=S(=O)(N[C@@H]1COCC[C@H]1Oc1ccccn1)N1CCCCC1. The lowest BCUT2D eigenvalue weighted by Gasteiger charge is -2.34. The molecule has 2 atom stereocenters. The molecule has 0 saturated carbocycles. The highest BCUT2D eigenvalue weighted by atomic mass is 32.2. The summed E-state index contributed by atoms with van der Waals surface area (Å²) >= 11 is 0. The lowest BCUT2D eigenvalue weighted by atomic mass is 10.1. The topological polar surface area (TPSA) is 80.8 Å². The number of pyridine rings is 1. The van der Waals surface area contributed by atoms with Crippen LogP contribution >= 0.6 is 0 Å². The Labute approximate surface area is 137 Å². The first-order valence-electron chi connectivity index (χ1n) is 8.08.